The Bertz CT molecular complexity index is 731. The fraction of sp³-hybridized carbons (Fsp3) is 0.438. The third kappa shape index (κ3) is 2.37. The average molecular weight is 315 g/mol. The first-order valence-corrected chi connectivity index (χ1v) is 8.56. The Kier molecular flexibility index (Phi) is 3.54. The maximum Gasteiger partial charge on any atom is 0.251 e. The first-order valence-electron chi connectivity index (χ1n) is 7.74. The molecule has 0 spiro atoms. The lowest BCUT2D eigenvalue weighted by molar-refractivity contribution is -0.112. The number of nitrogens with zero attached hydrogens (tertiary/aromatic N) is 2. The summed E-state index contributed by atoms with van der Waals surface area (Å²) in [5, 5.41) is 7.94. The molecule has 5 nitrogen and oxygen atoms in total. The highest BCUT2D eigenvalue weighted by Crippen LogP contribution is 2.43. The Morgan fingerprint density at radius 2 is 2.14 bits per heavy atom. The van der Waals surface area contributed by atoms with Crippen molar-refractivity contribution < 1.29 is 9.32 Å². The molecule has 0 saturated carbocycles. The quantitative estimate of drug-likeness (QED) is 0.937. The van der Waals surface area contributed by atoms with Gasteiger partial charge in [-0.1, -0.05) is 11.2 Å². The van der Waals surface area contributed by atoms with Crippen molar-refractivity contribution in [1.29, 1.82) is 0 Å². The Morgan fingerprint density at radius 3 is 2.91 bits per heavy atom. The van der Waals surface area contributed by atoms with E-state index in [-0.39, 0.29) is 5.91 Å². The van der Waals surface area contributed by atoms with E-state index in [2.05, 4.69) is 15.5 Å². The SMILES string of the molecule is O=C(Nc1sc2c(c1-c1ncon1)CCCC2)C1=CCCC1. The molecular formula is C16H17N3O2S. The number of allylic oxidation sites excluding steroid dienone is 1. The number of carbonyl (C=O) groups excluding carboxylic acids is 1. The maximum atomic E-state index is 12.4. The molecule has 2 aromatic rings. The van der Waals surface area contributed by atoms with E-state index < -0.39 is 0 Å². The van der Waals surface area contributed by atoms with Crippen LogP contribution in [0.15, 0.2) is 22.6 Å². The predicted octanol–water partition coefficient (Wildman–Crippen LogP) is 3.73. The lowest BCUT2D eigenvalue weighted by Gasteiger charge is -2.11. The molecule has 22 heavy (non-hydrogen) atoms. The molecule has 0 radical (unpaired) electrons. The first-order chi connectivity index (χ1) is 10.8. The van der Waals surface area contributed by atoms with Gasteiger partial charge in [0.2, 0.25) is 12.2 Å². The smallest absolute Gasteiger partial charge is 0.251 e. The summed E-state index contributed by atoms with van der Waals surface area (Å²) in [6.07, 6.45) is 10.8. The zero-order valence-corrected chi connectivity index (χ0v) is 13.0. The minimum atomic E-state index is 0.0147. The van der Waals surface area contributed by atoms with Crippen LogP contribution in [0.3, 0.4) is 0 Å². The van der Waals surface area contributed by atoms with Gasteiger partial charge in [0, 0.05) is 10.5 Å². The molecule has 0 atom stereocenters. The molecule has 0 unspecified atom stereocenters. The van der Waals surface area contributed by atoms with Crippen LogP contribution in [0, 0.1) is 0 Å². The number of thiophene rings is 1. The predicted molar refractivity (Wildman–Crippen MR) is 84.8 cm³/mol. The van der Waals surface area contributed by atoms with Crippen LogP contribution < -0.4 is 5.32 Å². The summed E-state index contributed by atoms with van der Waals surface area (Å²) in [4.78, 5) is 18.0. The van der Waals surface area contributed by atoms with Gasteiger partial charge in [-0.2, -0.15) is 4.98 Å². The number of carbonyl (C=O) groups is 1. The number of nitrogens with one attached hydrogen (secondary N) is 1. The molecule has 0 fully saturated rings. The molecule has 114 valence electrons. The fourth-order valence-corrected chi connectivity index (χ4v) is 4.51. The van der Waals surface area contributed by atoms with Gasteiger partial charge in [0.1, 0.15) is 5.00 Å². The second-order valence-electron chi connectivity index (χ2n) is 5.75. The van der Waals surface area contributed by atoms with Crippen molar-refractivity contribution in [2.45, 2.75) is 44.9 Å². The van der Waals surface area contributed by atoms with Gasteiger partial charge in [0.25, 0.3) is 5.91 Å². The minimum absolute atomic E-state index is 0.0147. The van der Waals surface area contributed by atoms with E-state index in [9.17, 15) is 4.79 Å². The van der Waals surface area contributed by atoms with E-state index in [1.807, 2.05) is 6.08 Å². The van der Waals surface area contributed by atoms with Crippen molar-refractivity contribution >= 4 is 22.2 Å². The monoisotopic (exact) mass is 315 g/mol. The molecule has 0 aromatic carbocycles. The number of hydrogen-bond acceptors (Lipinski definition) is 5. The lowest BCUT2D eigenvalue weighted by Crippen LogP contribution is -2.13. The largest absolute Gasteiger partial charge is 0.342 e. The molecule has 4 rings (SSSR count). The van der Waals surface area contributed by atoms with Gasteiger partial charge in [-0.25, -0.2) is 0 Å². The second-order valence-corrected chi connectivity index (χ2v) is 6.85. The highest BCUT2D eigenvalue weighted by molar-refractivity contribution is 7.17. The van der Waals surface area contributed by atoms with Gasteiger partial charge >= 0.3 is 0 Å². The number of rotatable bonds is 3. The molecule has 1 amide bonds. The summed E-state index contributed by atoms with van der Waals surface area (Å²) in [7, 11) is 0. The zero-order valence-electron chi connectivity index (χ0n) is 12.2. The van der Waals surface area contributed by atoms with Gasteiger partial charge in [-0.3, -0.25) is 4.79 Å². The van der Waals surface area contributed by atoms with E-state index in [1.54, 1.807) is 11.3 Å². The second kappa shape index (κ2) is 5.68. The molecule has 2 aliphatic rings. The summed E-state index contributed by atoms with van der Waals surface area (Å²) < 4.78 is 4.91. The number of amides is 1. The third-order valence-corrected chi connectivity index (χ3v) is 5.52. The van der Waals surface area contributed by atoms with Crippen molar-refractivity contribution in [2.75, 3.05) is 5.32 Å². The molecule has 1 N–H and O–H groups in total. The van der Waals surface area contributed by atoms with Crippen LogP contribution in [0.5, 0.6) is 0 Å². The lowest BCUT2D eigenvalue weighted by atomic mass is 9.95. The topological polar surface area (TPSA) is 68.0 Å². The number of anilines is 1. The molecule has 0 bridgehead atoms. The van der Waals surface area contributed by atoms with Crippen LogP contribution in [0.1, 0.15) is 42.5 Å². The summed E-state index contributed by atoms with van der Waals surface area (Å²) in [6, 6.07) is 0. The summed E-state index contributed by atoms with van der Waals surface area (Å²) >= 11 is 1.67. The van der Waals surface area contributed by atoms with Crippen LogP contribution in [-0.2, 0) is 17.6 Å². The molecule has 2 aliphatic carbocycles. The van der Waals surface area contributed by atoms with Crippen LogP contribution in [0.2, 0.25) is 0 Å². The number of aryl methyl sites for hydroxylation is 1. The van der Waals surface area contributed by atoms with Crippen molar-refractivity contribution in [3.63, 3.8) is 0 Å². The first kappa shape index (κ1) is 13.7. The Labute approximate surface area is 132 Å². The van der Waals surface area contributed by atoms with Crippen molar-refractivity contribution in [2.24, 2.45) is 0 Å². The molecule has 6 heteroatoms. The zero-order chi connectivity index (χ0) is 14.9. The highest BCUT2D eigenvalue weighted by atomic mass is 32.1. The maximum absolute atomic E-state index is 12.4. The molecule has 0 aliphatic heterocycles. The van der Waals surface area contributed by atoms with Crippen LogP contribution >= 0.6 is 11.3 Å². The molecule has 2 heterocycles. The molecule has 0 saturated heterocycles. The number of hydrogen-bond donors (Lipinski definition) is 1. The average Bonchev–Trinajstić information content (AvgIpc) is 3.27. The van der Waals surface area contributed by atoms with E-state index in [0.29, 0.717) is 5.82 Å². The number of aromatic nitrogens is 2. The normalized spacial score (nSPS) is 17.2. The van der Waals surface area contributed by atoms with E-state index >= 15 is 0 Å². The van der Waals surface area contributed by atoms with Gasteiger partial charge in [0.15, 0.2) is 0 Å². The summed E-state index contributed by atoms with van der Waals surface area (Å²) in [6.45, 7) is 0. The van der Waals surface area contributed by atoms with E-state index in [0.717, 1.165) is 48.2 Å². The minimum Gasteiger partial charge on any atom is -0.342 e. The standard InChI is InChI=1S/C16H17N3O2S/c20-15(10-5-1-2-6-10)18-16-13(14-17-9-21-19-14)11-7-3-4-8-12(11)22-16/h5,9H,1-4,6-8H2,(H,18,20). The fourth-order valence-electron chi connectivity index (χ4n) is 3.23. The highest BCUT2D eigenvalue weighted by Gasteiger charge is 2.26. The molecule has 2 aromatic heterocycles. The van der Waals surface area contributed by atoms with Gasteiger partial charge in [-0.15, -0.1) is 11.3 Å². The van der Waals surface area contributed by atoms with Crippen LogP contribution in [0.25, 0.3) is 11.4 Å². The third-order valence-electron chi connectivity index (χ3n) is 4.32. The van der Waals surface area contributed by atoms with E-state index in [4.69, 9.17) is 4.52 Å². The summed E-state index contributed by atoms with van der Waals surface area (Å²) in [5.74, 6) is 0.593. The Morgan fingerprint density at radius 1 is 1.23 bits per heavy atom. The van der Waals surface area contributed by atoms with Crippen molar-refractivity contribution in [3.8, 4) is 11.4 Å². The number of fused-ring (bicyclic) bond motifs is 1. The van der Waals surface area contributed by atoms with E-state index in [1.165, 1.54) is 29.7 Å². The Hall–Kier alpha value is -1.95. The van der Waals surface area contributed by atoms with Crippen LogP contribution in [0.4, 0.5) is 5.00 Å². The van der Waals surface area contributed by atoms with Gasteiger partial charge in [0.05, 0.1) is 5.56 Å². The van der Waals surface area contributed by atoms with Gasteiger partial charge < -0.3 is 9.84 Å². The van der Waals surface area contributed by atoms with Crippen molar-refractivity contribution in [3.05, 3.63) is 28.5 Å². The molecular weight excluding hydrogens is 298 g/mol. The Balaban J connectivity index is 1.72. The van der Waals surface area contributed by atoms with Crippen molar-refractivity contribution in [1.82, 2.24) is 10.1 Å². The van der Waals surface area contributed by atoms with Gasteiger partial charge in [-0.05, 0) is 50.5 Å². The summed E-state index contributed by atoms with van der Waals surface area (Å²) in [5.41, 5.74) is 3.14. The van der Waals surface area contributed by atoms with Crippen LogP contribution in [-0.4, -0.2) is 16.0 Å².